The lowest BCUT2D eigenvalue weighted by Crippen LogP contribution is -2.46. The Balaban J connectivity index is 1.35. The Hall–Kier alpha value is -0.160. The van der Waals surface area contributed by atoms with Gasteiger partial charge in [0.25, 0.3) is 0 Å². The lowest BCUT2D eigenvalue weighted by atomic mass is 9.68. The molecule has 0 aromatic rings. The molecule has 26 heavy (non-hydrogen) atoms. The van der Waals surface area contributed by atoms with Crippen molar-refractivity contribution < 1.29 is 9.47 Å². The van der Waals surface area contributed by atoms with Gasteiger partial charge in [-0.25, -0.2) is 0 Å². The molecule has 4 N–H and O–H groups in total. The van der Waals surface area contributed by atoms with Crippen LogP contribution < -0.4 is 11.5 Å². The van der Waals surface area contributed by atoms with Crippen molar-refractivity contribution in [3.8, 4) is 0 Å². The van der Waals surface area contributed by atoms with Gasteiger partial charge in [0.1, 0.15) is 0 Å². The molecule has 4 heteroatoms. The molecule has 4 saturated carbocycles. The molecular formula is C22H40N2O2. The predicted molar refractivity (Wildman–Crippen MR) is 105 cm³/mol. The van der Waals surface area contributed by atoms with Gasteiger partial charge >= 0.3 is 0 Å². The smallest absolute Gasteiger partial charge is 0.0634 e. The summed E-state index contributed by atoms with van der Waals surface area (Å²) in [6.45, 7) is 0. The van der Waals surface area contributed by atoms with E-state index in [1.165, 1.54) is 32.1 Å². The molecule has 0 spiro atoms. The molecule has 0 saturated heterocycles. The van der Waals surface area contributed by atoms with Crippen LogP contribution in [-0.4, -0.2) is 36.5 Å². The van der Waals surface area contributed by atoms with Crippen molar-refractivity contribution in [1.82, 2.24) is 0 Å². The Bertz CT molecular complexity index is 430. The zero-order chi connectivity index (χ0) is 17.9. The molecule has 0 amide bonds. The average molecular weight is 365 g/mol. The molecular weight excluding hydrogens is 324 g/mol. The van der Waals surface area contributed by atoms with E-state index < -0.39 is 0 Å². The van der Waals surface area contributed by atoms with Crippen LogP contribution >= 0.6 is 0 Å². The average Bonchev–Trinajstić information content (AvgIpc) is 2.65. The van der Waals surface area contributed by atoms with E-state index in [-0.39, 0.29) is 0 Å². The van der Waals surface area contributed by atoms with Gasteiger partial charge in [0, 0.05) is 18.5 Å². The summed E-state index contributed by atoms with van der Waals surface area (Å²) in [5, 5.41) is 0. The third-order valence-electron chi connectivity index (χ3n) is 7.70. The Labute approximate surface area is 159 Å². The molecule has 4 rings (SSSR count). The summed E-state index contributed by atoms with van der Waals surface area (Å²) in [7, 11) is 0. The fourth-order valence-corrected chi connectivity index (χ4v) is 6.12. The normalized spacial score (nSPS) is 47.3. The van der Waals surface area contributed by atoms with Crippen LogP contribution in [0.1, 0.15) is 89.9 Å². The molecule has 0 aliphatic heterocycles. The minimum atomic E-state index is 0.400. The minimum absolute atomic E-state index is 0.400. The molecule has 4 aliphatic rings. The second kappa shape index (κ2) is 8.89. The molecule has 4 atom stereocenters. The van der Waals surface area contributed by atoms with Gasteiger partial charge in [0.15, 0.2) is 0 Å². The van der Waals surface area contributed by atoms with E-state index in [1.807, 2.05) is 0 Å². The third-order valence-corrected chi connectivity index (χ3v) is 7.70. The van der Waals surface area contributed by atoms with Gasteiger partial charge in [-0.15, -0.1) is 0 Å². The van der Waals surface area contributed by atoms with Gasteiger partial charge in [0.2, 0.25) is 0 Å². The maximum Gasteiger partial charge on any atom is 0.0634 e. The highest BCUT2D eigenvalue weighted by Gasteiger charge is 2.42. The van der Waals surface area contributed by atoms with E-state index in [2.05, 4.69) is 0 Å². The van der Waals surface area contributed by atoms with Crippen LogP contribution in [0.25, 0.3) is 0 Å². The molecule has 0 bridgehead atoms. The summed E-state index contributed by atoms with van der Waals surface area (Å²) in [6.07, 6.45) is 18.8. The van der Waals surface area contributed by atoms with Crippen molar-refractivity contribution in [2.75, 3.05) is 0 Å². The lowest BCUT2D eigenvalue weighted by molar-refractivity contribution is -0.147. The highest BCUT2D eigenvalue weighted by molar-refractivity contribution is 4.92. The van der Waals surface area contributed by atoms with Crippen LogP contribution in [0.3, 0.4) is 0 Å². The fourth-order valence-electron chi connectivity index (χ4n) is 6.12. The molecule has 4 nitrogen and oxygen atoms in total. The summed E-state index contributed by atoms with van der Waals surface area (Å²) in [4.78, 5) is 0. The number of ether oxygens (including phenoxy) is 2. The van der Waals surface area contributed by atoms with Gasteiger partial charge in [-0.3, -0.25) is 0 Å². The topological polar surface area (TPSA) is 70.5 Å². The van der Waals surface area contributed by atoms with Crippen molar-refractivity contribution in [2.24, 2.45) is 23.3 Å². The van der Waals surface area contributed by atoms with Gasteiger partial charge in [-0.1, -0.05) is 12.8 Å². The standard InChI is InChI=1S/C22H40N2O2/c23-16-5-9-18(10-6-16)25-20-13-15-3-1-2-4-21(15)22(14-20)26-19-11-7-17(24)8-12-19/h15-22H,1-14,23-24H2. The molecule has 0 heterocycles. The third kappa shape index (κ3) is 4.81. The van der Waals surface area contributed by atoms with Crippen LogP contribution in [-0.2, 0) is 9.47 Å². The molecule has 0 aromatic carbocycles. The number of hydrogen-bond acceptors (Lipinski definition) is 4. The van der Waals surface area contributed by atoms with Crippen LogP contribution in [0.4, 0.5) is 0 Å². The summed E-state index contributed by atoms with van der Waals surface area (Å²) in [6, 6.07) is 0.801. The number of fused-ring (bicyclic) bond motifs is 1. The first-order chi connectivity index (χ1) is 12.7. The first kappa shape index (κ1) is 19.2. The summed E-state index contributed by atoms with van der Waals surface area (Å²) < 4.78 is 13.3. The predicted octanol–water partition coefficient (Wildman–Crippen LogP) is 3.90. The van der Waals surface area contributed by atoms with Crippen molar-refractivity contribution in [3.63, 3.8) is 0 Å². The van der Waals surface area contributed by atoms with E-state index in [9.17, 15) is 0 Å². The molecule has 0 radical (unpaired) electrons. The van der Waals surface area contributed by atoms with Gasteiger partial charge < -0.3 is 20.9 Å². The fraction of sp³-hybridized carbons (Fsp3) is 1.00. The molecule has 4 unspecified atom stereocenters. The number of nitrogens with two attached hydrogens (primary N) is 2. The van der Waals surface area contributed by atoms with Crippen LogP contribution in [0.2, 0.25) is 0 Å². The highest BCUT2D eigenvalue weighted by atomic mass is 16.5. The van der Waals surface area contributed by atoms with Gasteiger partial charge in [0.05, 0.1) is 24.4 Å². The van der Waals surface area contributed by atoms with Gasteiger partial charge in [-0.05, 0) is 82.5 Å². The highest BCUT2D eigenvalue weighted by Crippen LogP contribution is 2.44. The minimum Gasteiger partial charge on any atom is -0.375 e. The number of rotatable bonds is 4. The second-order valence-electron chi connectivity index (χ2n) is 9.69. The Morgan fingerprint density at radius 1 is 0.538 bits per heavy atom. The molecule has 0 aromatic heterocycles. The Morgan fingerprint density at radius 2 is 1.12 bits per heavy atom. The molecule has 4 aliphatic carbocycles. The van der Waals surface area contributed by atoms with Crippen molar-refractivity contribution in [3.05, 3.63) is 0 Å². The first-order valence-corrected chi connectivity index (χ1v) is 11.5. The summed E-state index contributed by atoms with van der Waals surface area (Å²) >= 11 is 0. The largest absolute Gasteiger partial charge is 0.375 e. The Morgan fingerprint density at radius 3 is 1.77 bits per heavy atom. The van der Waals surface area contributed by atoms with Crippen molar-refractivity contribution in [2.45, 2.75) is 126 Å². The van der Waals surface area contributed by atoms with E-state index >= 15 is 0 Å². The Kier molecular flexibility index (Phi) is 6.56. The van der Waals surface area contributed by atoms with Gasteiger partial charge in [-0.2, -0.15) is 0 Å². The molecule has 4 fully saturated rings. The van der Waals surface area contributed by atoms with Crippen LogP contribution in [0, 0.1) is 11.8 Å². The number of hydrogen-bond donors (Lipinski definition) is 2. The van der Waals surface area contributed by atoms with E-state index in [0.29, 0.717) is 36.5 Å². The van der Waals surface area contributed by atoms with Crippen molar-refractivity contribution in [1.29, 1.82) is 0 Å². The first-order valence-electron chi connectivity index (χ1n) is 11.5. The van der Waals surface area contributed by atoms with Crippen LogP contribution in [0.15, 0.2) is 0 Å². The SMILES string of the molecule is NC1CCC(OC2CC3CCCCC3C(OC3CCC(N)CC3)C2)CC1. The van der Waals surface area contributed by atoms with E-state index in [1.54, 1.807) is 0 Å². The van der Waals surface area contributed by atoms with Crippen molar-refractivity contribution >= 4 is 0 Å². The maximum absolute atomic E-state index is 6.73. The monoisotopic (exact) mass is 364 g/mol. The van der Waals surface area contributed by atoms with E-state index in [0.717, 1.165) is 69.6 Å². The van der Waals surface area contributed by atoms with Crippen LogP contribution in [0.5, 0.6) is 0 Å². The molecule has 150 valence electrons. The quantitative estimate of drug-likeness (QED) is 0.794. The lowest BCUT2D eigenvalue weighted by Gasteiger charge is -2.46. The zero-order valence-corrected chi connectivity index (χ0v) is 16.5. The summed E-state index contributed by atoms with van der Waals surface area (Å²) in [5.41, 5.74) is 12.2. The zero-order valence-electron chi connectivity index (χ0n) is 16.5. The summed E-state index contributed by atoms with van der Waals surface area (Å²) in [5.74, 6) is 1.60. The maximum atomic E-state index is 6.73. The van der Waals surface area contributed by atoms with E-state index in [4.69, 9.17) is 20.9 Å². The second-order valence-corrected chi connectivity index (χ2v) is 9.69.